The third-order valence-electron chi connectivity index (χ3n) is 4.49. The van der Waals surface area contributed by atoms with Gasteiger partial charge in [-0.3, -0.25) is 14.6 Å². The van der Waals surface area contributed by atoms with E-state index in [2.05, 4.69) is 21.9 Å². The number of rotatable bonds is 8. The maximum Gasteiger partial charge on any atom is 0.317 e. The number of ether oxygens (including phenoxy) is 1. The van der Waals surface area contributed by atoms with Crippen LogP contribution >= 0.6 is 0 Å². The second kappa shape index (κ2) is 9.04. The molecule has 0 radical (unpaired) electrons. The molecule has 134 valence electrons. The normalized spacial score (nSPS) is 16.7. The molecule has 1 saturated heterocycles. The molecule has 5 heteroatoms. The fraction of sp³-hybridized carbons (Fsp3) is 0.632. The van der Waals surface area contributed by atoms with E-state index in [9.17, 15) is 4.79 Å². The summed E-state index contributed by atoms with van der Waals surface area (Å²) in [7, 11) is 0. The summed E-state index contributed by atoms with van der Waals surface area (Å²) in [5, 5.41) is 9.02. The van der Waals surface area contributed by atoms with Gasteiger partial charge in [0.05, 0.1) is 12.6 Å². The van der Waals surface area contributed by atoms with E-state index in [1.54, 1.807) is 0 Å². The molecule has 0 aromatic heterocycles. The number of hydrogen-bond donors (Lipinski definition) is 1. The van der Waals surface area contributed by atoms with Gasteiger partial charge >= 0.3 is 5.97 Å². The van der Waals surface area contributed by atoms with Crippen molar-refractivity contribution >= 4 is 5.97 Å². The third-order valence-corrected chi connectivity index (χ3v) is 4.49. The maximum absolute atomic E-state index is 11.0. The molecular formula is C19H30N2O3. The van der Waals surface area contributed by atoms with Gasteiger partial charge in [-0.2, -0.15) is 0 Å². The largest absolute Gasteiger partial charge is 0.491 e. The number of benzene rings is 1. The smallest absolute Gasteiger partial charge is 0.317 e. The van der Waals surface area contributed by atoms with Crippen LogP contribution in [-0.4, -0.2) is 59.2 Å². The lowest BCUT2D eigenvalue weighted by Crippen LogP contribution is -2.46. The Morgan fingerprint density at radius 2 is 2.08 bits per heavy atom. The van der Waals surface area contributed by atoms with Crippen molar-refractivity contribution in [3.05, 3.63) is 29.8 Å². The summed E-state index contributed by atoms with van der Waals surface area (Å²) < 4.78 is 5.76. The lowest BCUT2D eigenvalue weighted by Gasteiger charge is -2.37. The van der Waals surface area contributed by atoms with Gasteiger partial charge in [-0.15, -0.1) is 0 Å². The first-order chi connectivity index (χ1) is 11.5. The zero-order chi connectivity index (χ0) is 17.5. The Kier molecular flexibility index (Phi) is 7.06. The summed E-state index contributed by atoms with van der Waals surface area (Å²) in [5.41, 5.74) is 1.27. The van der Waals surface area contributed by atoms with E-state index in [4.69, 9.17) is 9.84 Å². The molecule has 0 atom stereocenters. The van der Waals surface area contributed by atoms with Crippen molar-refractivity contribution in [2.45, 2.75) is 52.3 Å². The highest BCUT2D eigenvalue weighted by Crippen LogP contribution is 2.20. The van der Waals surface area contributed by atoms with E-state index < -0.39 is 5.97 Å². The van der Waals surface area contributed by atoms with Crippen LogP contribution in [0, 0.1) is 0 Å². The molecule has 0 saturated carbocycles. The molecule has 5 nitrogen and oxygen atoms in total. The second-order valence-corrected chi connectivity index (χ2v) is 6.78. The van der Waals surface area contributed by atoms with E-state index in [1.807, 2.05) is 32.9 Å². The summed E-state index contributed by atoms with van der Waals surface area (Å²) in [6.07, 6.45) is 2.25. The number of piperidine rings is 1. The fourth-order valence-corrected chi connectivity index (χ4v) is 3.36. The molecule has 1 heterocycles. The SMILES string of the molecule is CCN(CC(=O)O)C1CCN(Cc2cccc(OC(C)C)c2)CC1. The maximum atomic E-state index is 11.0. The van der Waals surface area contributed by atoms with Gasteiger partial charge in [-0.1, -0.05) is 19.1 Å². The number of likely N-dealkylation sites (N-methyl/N-ethyl adjacent to an activating group) is 1. The molecule has 0 amide bonds. The van der Waals surface area contributed by atoms with Crippen LogP contribution in [0.15, 0.2) is 24.3 Å². The van der Waals surface area contributed by atoms with Gasteiger partial charge in [0.1, 0.15) is 5.75 Å². The number of aliphatic carboxylic acids is 1. The minimum absolute atomic E-state index is 0.149. The molecular weight excluding hydrogens is 304 g/mol. The highest BCUT2D eigenvalue weighted by molar-refractivity contribution is 5.69. The molecule has 24 heavy (non-hydrogen) atoms. The molecule has 0 unspecified atom stereocenters. The van der Waals surface area contributed by atoms with Gasteiger partial charge in [0.25, 0.3) is 0 Å². The molecule has 0 bridgehead atoms. The summed E-state index contributed by atoms with van der Waals surface area (Å²) in [5.74, 6) is 0.192. The first-order valence-electron chi connectivity index (χ1n) is 8.91. The molecule has 1 aromatic rings. The second-order valence-electron chi connectivity index (χ2n) is 6.78. The average molecular weight is 334 g/mol. The van der Waals surface area contributed by atoms with Crippen LogP contribution in [0.3, 0.4) is 0 Å². The quantitative estimate of drug-likeness (QED) is 0.792. The Morgan fingerprint density at radius 1 is 1.38 bits per heavy atom. The van der Waals surface area contributed by atoms with E-state index in [0.29, 0.717) is 6.04 Å². The minimum atomic E-state index is -0.735. The predicted octanol–water partition coefficient (Wildman–Crippen LogP) is 2.84. The first-order valence-corrected chi connectivity index (χ1v) is 8.91. The lowest BCUT2D eigenvalue weighted by molar-refractivity contribution is -0.139. The van der Waals surface area contributed by atoms with Gasteiger partial charge in [-0.25, -0.2) is 0 Å². The number of nitrogens with zero attached hydrogens (tertiary/aromatic N) is 2. The molecule has 1 N–H and O–H groups in total. The molecule has 1 aliphatic rings. The van der Waals surface area contributed by atoms with Crippen molar-refractivity contribution < 1.29 is 14.6 Å². The van der Waals surface area contributed by atoms with Crippen molar-refractivity contribution in [2.75, 3.05) is 26.2 Å². The van der Waals surface area contributed by atoms with Crippen LogP contribution in [0.1, 0.15) is 39.2 Å². The summed E-state index contributed by atoms with van der Waals surface area (Å²) >= 11 is 0. The Balaban J connectivity index is 1.85. The van der Waals surface area contributed by atoms with Crippen molar-refractivity contribution in [2.24, 2.45) is 0 Å². The first kappa shape index (κ1) is 18.7. The van der Waals surface area contributed by atoms with Gasteiger partial charge < -0.3 is 9.84 Å². The summed E-state index contributed by atoms with van der Waals surface area (Å²) in [6, 6.07) is 8.70. The monoisotopic (exact) mass is 334 g/mol. The standard InChI is InChI=1S/C19H30N2O3/c1-4-21(14-19(22)23)17-8-10-20(11-9-17)13-16-6-5-7-18(12-16)24-15(2)3/h5-7,12,15,17H,4,8-11,13-14H2,1-3H3,(H,22,23). The lowest BCUT2D eigenvalue weighted by atomic mass is 10.0. The van der Waals surface area contributed by atoms with Gasteiger partial charge in [0.15, 0.2) is 0 Å². The van der Waals surface area contributed by atoms with Crippen molar-refractivity contribution in [3.8, 4) is 5.75 Å². The molecule has 2 rings (SSSR count). The van der Waals surface area contributed by atoms with E-state index >= 15 is 0 Å². The zero-order valence-corrected chi connectivity index (χ0v) is 15.1. The third kappa shape index (κ3) is 5.80. The van der Waals surface area contributed by atoms with Crippen molar-refractivity contribution in [3.63, 3.8) is 0 Å². The molecule has 0 spiro atoms. The number of carbonyl (C=O) groups is 1. The average Bonchev–Trinajstić information content (AvgIpc) is 2.53. The summed E-state index contributed by atoms with van der Waals surface area (Å²) in [6.45, 7) is 10.00. The molecule has 1 fully saturated rings. The number of hydrogen-bond acceptors (Lipinski definition) is 4. The van der Waals surface area contributed by atoms with Crippen LogP contribution in [0.25, 0.3) is 0 Å². The number of carboxylic acid groups (broad SMARTS) is 1. The van der Waals surface area contributed by atoms with Crippen LogP contribution < -0.4 is 4.74 Å². The van der Waals surface area contributed by atoms with Gasteiger partial charge in [-0.05, 0) is 64.0 Å². The molecule has 1 aliphatic heterocycles. The van der Waals surface area contributed by atoms with Crippen molar-refractivity contribution in [1.29, 1.82) is 0 Å². The van der Waals surface area contributed by atoms with Crippen LogP contribution in [0.5, 0.6) is 5.75 Å². The van der Waals surface area contributed by atoms with E-state index in [1.165, 1.54) is 5.56 Å². The molecule has 0 aliphatic carbocycles. The minimum Gasteiger partial charge on any atom is -0.491 e. The Bertz CT molecular complexity index is 525. The Morgan fingerprint density at radius 3 is 2.67 bits per heavy atom. The Labute approximate surface area is 145 Å². The highest BCUT2D eigenvalue weighted by atomic mass is 16.5. The fourth-order valence-electron chi connectivity index (χ4n) is 3.36. The topological polar surface area (TPSA) is 53.0 Å². The predicted molar refractivity (Wildman–Crippen MR) is 95.4 cm³/mol. The van der Waals surface area contributed by atoms with Gasteiger partial charge in [0.2, 0.25) is 0 Å². The highest BCUT2D eigenvalue weighted by Gasteiger charge is 2.25. The van der Waals surface area contributed by atoms with Crippen LogP contribution in [-0.2, 0) is 11.3 Å². The summed E-state index contributed by atoms with van der Waals surface area (Å²) in [4.78, 5) is 15.5. The number of likely N-dealkylation sites (tertiary alicyclic amines) is 1. The van der Waals surface area contributed by atoms with Crippen molar-refractivity contribution in [1.82, 2.24) is 9.80 Å². The van der Waals surface area contributed by atoms with E-state index in [-0.39, 0.29) is 12.6 Å². The number of carboxylic acids is 1. The van der Waals surface area contributed by atoms with Crippen LogP contribution in [0.4, 0.5) is 0 Å². The molecule has 1 aromatic carbocycles. The Hall–Kier alpha value is -1.59. The zero-order valence-electron chi connectivity index (χ0n) is 15.1. The van der Waals surface area contributed by atoms with Gasteiger partial charge in [0, 0.05) is 12.6 Å². The van der Waals surface area contributed by atoms with E-state index in [0.717, 1.165) is 44.8 Å². The van der Waals surface area contributed by atoms with Crippen LogP contribution in [0.2, 0.25) is 0 Å².